The lowest BCUT2D eigenvalue weighted by molar-refractivity contribution is -0.138. The molecular weight excluding hydrogens is 389 g/mol. The molecule has 144 valence electrons. The quantitative estimate of drug-likeness (QED) is 0.465. The van der Waals surface area contributed by atoms with Crippen molar-refractivity contribution in [3.8, 4) is 12.3 Å². The van der Waals surface area contributed by atoms with Crippen molar-refractivity contribution in [2.24, 2.45) is 12.0 Å². The monoisotopic (exact) mass is 404 g/mol. The van der Waals surface area contributed by atoms with Crippen LogP contribution in [-0.4, -0.2) is 14.5 Å². The second-order valence-electron chi connectivity index (χ2n) is 6.28. The minimum Gasteiger partial charge on any atom is -0.331 e. The third-order valence-electron chi connectivity index (χ3n) is 4.59. The molecule has 0 unspecified atom stereocenters. The molecule has 0 bridgehead atoms. The Morgan fingerprint density at radius 2 is 2.00 bits per heavy atom. The number of pyridine rings is 1. The van der Waals surface area contributed by atoms with Crippen LogP contribution in [0.5, 0.6) is 0 Å². The van der Waals surface area contributed by atoms with Gasteiger partial charge in [-0.2, -0.15) is 13.2 Å². The fourth-order valence-corrected chi connectivity index (χ4v) is 3.16. The maximum Gasteiger partial charge on any atom is 0.416 e. The fraction of sp³-hybridized carbons (Fsp3) is 0.250. The summed E-state index contributed by atoms with van der Waals surface area (Å²) < 4.78 is 41.6. The Labute approximate surface area is 164 Å². The van der Waals surface area contributed by atoms with E-state index < -0.39 is 17.8 Å². The first-order chi connectivity index (χ1) is 13.1. The Bertz CT molecular complexity index is 1170. The molecule has 3 rings (SSSR count). The highest BCUT2D eigenvalue weighted by molar-refractivity contribution is 6.30. The molecule has 0 saturated carbocycles. The summed E-state index contributed by atoms with van der Waals surface area (Å²) in [5.74, 6) is 3.12. The second kappa shape index (κ2) is 7.28. The number of nitrogens with zero attached hydrogens (tertiary/aromatic N) is 4. The summed E-state index contributed by atoms with van der Waals surface area (Å²) in [6, 6.07) is 4.57. The zero-order valence-corrected chi connectivity index (χ0v) is 16.1. The van der Waals surface area contributed by atoms with Crippen LogP contribution in [0, 0.1) is 26.2 Å². The van der Waals surface area contributed by atoms with Crippen LogP contribution in [0.4, 0.5) is 13.2 Å². The lowest BCUT2D eigenvalue weighted by Gasteiger charge is -2.16. The van der Waals surface area contributed by atoms with Gasteiger partial charge in [0, 0.05) is 12.4 Å². The highest BCUT2D eigenvalue weighted by atomic mass is 35.5. The van der Waals surface area contributed by atoms with Gasteiger partial charge in [0.2, 0.25) is 0 Å². The largest absolute Gasteiger partial charge is 0.416 e. The summed E-state index contributed by atoms with van der Waals surface area (Å²) >= 11 is 6.01. The first-order valence-corrected chi connectivity index (χ1v) is 8.67. The zero-order chi connectivity index (χ0) is 20.6. The van der Waals surface area contributed by atoms with E-state index in [4.69, 9.17) is 18.0 Å². The van der Waals surface area contributed by atoms with Gasteiger partial charge in [-0.25, -0.2) is 15.0 Å². The van der Waals surface area contributed by atoms with Crippen LogP contribution >= 0.6 is 11.6 Å². The topological polar surface area (TPSA) is 43.1 Å². The van der Waals surface area contributed by atoms with E-state index in [-0.39, 0.29) is 10.7 Å². The Balaban J connectivity index is 2.28. The van der Waals surface area contributed by atoms with Crippen LogP contribution in [0.3, 0.4) is 0 Å². The maximum absolute atomic E-state index is 13.3. The van der Waals surface area contributed by atoms with E-state index in [1.165, 1.54) is 13.0 Å². The molecule has 8 heteroatoms. The highest BCUT2D eigenvalue weighted by Gasteiger charge is 2.33. The highest BCUT2D eigenvalue weighted by Crippen LogP contribution is 2.35. The lowest BCUT2D eigenvalue weighted by Crippen LogP contribution is -2.18. The molecular formula is C20H16ClF3N4. The van der Waals surface area contributed by atoms with Crippen molar-refractivity contribution >= 4 is 22.5 Å². The lowest BCUT2D eigenvalue weighted by atomic mass is 9.97. The van der Waals surface area contributed by atoms with Crippen molar-refractivity contribution in [2.45, 2.75) is 26.1 Å². The van der Waals surface area contributed by atoms with Gasteiger partial charge >= 0.3 is 6.18 Å². The maximum atomic E-state index is 13.3. The molecule has 4 nitrogen and oxygen atoms in total. The number of benzene rings is 1. The Morgan fingerprint density at radius 3 is 2.64 bits per heavy atom. The van der Waals surface area contributed by atoms with Crippen molar-refractivity contribution in [1.29, 1.82) is 0 Å². The summed E-state index contributed by atoms with van der Waals surface area (Å²) in [4.78, 5) is 13.0. The predicted molar refractivity (Wildman–Crippen MR) is 102 cm³/mol. The molecule has 1 aromatic carbocycles. The molecule has 0 N–H and O–H groups in total. The van der Waals surface area contributed by atoms with E-state index in [1.54, 1.807) is 25.3 Å². The Kier molecular flexibility index (Phi) is 5.18. The summed E-state index contributed by atoms with van der Waals surface area (Å²) in [5, 5.41) is 0.861. The van der Waals surface area contributed by atoms with E-state index in [0.29, 0.717) is 22.3 Å². The number of hydrogen-bond donors (Lipinski definition) is 0. The SMILES string of the molecule is C#C[C@@H](N=c1nc(C)n(C)c2cnc(Cl)cc12)c1cccc(C(F)(F)F)c1C. The fourth-order valence-electron chi connectivity index (χ4n) is 3.01. The molecule has 0 aliphatic carbocycles. The minimum absolute atomic E-state index is 0.0453. The second-order valence-corrected chi connectivity index (χ2v) is 6.67. The van der Waals surface area contributed by atoms with Crippen molar-refractivity contribution in [3.63, 3.8) is 0 Å². The standard InChI is InChI=1S/C20H16ClF3N4/c1-5-16(13-7-6-8-15(11(13)2)20(22,23)24)27-19-14-9-18(21)25-10-17(14)28(4)12(3)26-19/h1,6-10,16H,2-4H3/t16-/m1/s1. The van der Waals surface area contributed by atoms with E-state index in [9.17, 15) is 13.2 Å². The number of terminal acetylenes is 1. The normalized spacial score (nSPS) is 13.6. The van der Waals surface area contributed by atoms with E-state index in [0.717, 1.165) is 11.6 Å². The number of hydrogen-bond acceptors (Lipinski definition) is 3. The van der Waals surface area contributed by atoms with Crippen LogP contribution in [0.1, 0.15) is 28.6 Å². The van der Waals surface area contributed by atoms with Crippen molar-refractivity contribution in [2.75, 3.05) is 0 Å². The summed E-state index contributed by atoms with van der Waals surface area (Å²) in [7, 11) is 1.82. The van der Waals surface area contributed by atoms with Crippen LogP contribution in [0.25, 0.3) is 10.9 Å². The molecule has 28 heavy (non-hydrogen) atoms. The average molecular weight is 405 g/mol. The van der Waals surface area contributed by atoms with Gasteiger partial charge in [0.1, 0.15) is 17.0 Å². The predicted octanol–water partition coefficient (Wildman–Crippen LogP) is 4.53. The third-order valence-corrected chi connectivity index (χ3v) is 4.80. The molecule has 3 aromatic rings. The van der Waals surface area contributed by atoms with Gasteiger partial charge in [-0.05, 0) is 37.1 Å². The number of rotatable bonds is 2. The van der Waals surface area contributed by atoms with Gasteiger partial charge in [0.25, 0.3) is 0 Å². The van der Waals surface area contributed by atoms with Crippen LogP contribution in [0.2, 0.25) is 5.15 Å². The van der Waals surface area contributed by atoms with Gasteiger partial charge in [0.15, 0.2) is 5.49 Å². The zero-order valence-electron chi connectivity index (χ0n) is 15.3. The Morgan fingerprint density at radius 1 is 1.29 bits per heavy atom. The molecule has 0 spiro atoms. The third kappa shape index (κ3) is 3.60. The van der Waals surface area contributed by atoms with E-state index in [1.807, 2.05) is 11.6 Å². The van der Waals surface area contributed by atoms with Gasteiger partial charge in [-0.1, -0.05) is 29.7 Å². The number of fused-ring (bicyclic) bond motifs is 1. The molecule has 0 amide bonds. The van der Waals surface area contributed by atoms with Gasteiger partial charge < -0.3 is 4.57 Å². The molecule has 2 heterocycles. The number of alkyl halides is 3. The molecule has 0 aliphatic heterocycles. The summed E-state index contributed by atoms with van der Waals surface area (Å²) in [5.41, 5.74) is 0.644. The smallest absolute Gasteiger partial charge is 0.331 e. The van der Waals surface area contributed by atoms with Gasteiger partial charge in [-0.15, -0.1) is 6.42 Å². The molecule has 0 fully saturated rings. The van der Waals surface area contributed by atoms with Gasteiger partial charge in [-0.3, -0.25) is 0 Å². The average Bonchev–Trinajstić information content (AvgIpc) is 2.63. The summed E-state index contributed by atoms with van der Waals surface area (Å²) in [6.07, 6.45) is 2.74. The number of halogens is 4. The molecule has 1 atom stereocenters. The number of aromatic nitrogens is 3. The van der Waals surface area contributed by atoms with Crippen LogP contribution < -0.4 is 5.49 Å². The first-order valence-electron chi connectivity index (χ1n) is 8.29. The molecule has 0 radical (unpaired) electrons. The first kappa shape index (κ1) is 19.9. The van der Waals surface area contributed by atoms with E-state index in [2.05, 4.69) is 20.9 Å². The van der Waals surface area contributed by atoms with Crippen LogP contribution in [-0.2, 0) is 13.2 Å². The molecule has 0 saturated heterocycles. The van der Waals surface area contributed by atoms with Crippen molar-refractivity contribution in [1.82, 2.24) is 14.5 Å². The number of aryl methyl sites for hydroxylation is 2. The molecule has 2 aromatic heterocycles. The van der Waals surface area contributed by atoms with Crippen molar-refractivity contribution < 1.29 is 13.2 Å². The summed E-state index contributed by atoms with van der Waals surface area (Å²) in [6.45, 7) is 3.17. The van der Waals surface area contributed by atoms with Crippen molar-refractivity contribution in [3.05, 3.63) is 63.6 Å². The Hall–Kier alpha value is -2.85. The minimum atomic E-state index is -4.47. The van der Waals surface area contributed by atoms with E-state index >= 15 is 0 Å². The van der Waals surface area contributed by atoms with Gasteiger partial charge in [0.05, 0.1) is 17.3 Å². The molecule has 0 aliphatic rings. The van der Waals surface area contributed by atoms with Crippen LogP contribution in [0.15, 0.2) is 35.5 Å².